The van der Waals surface area contributed by atoms with E-state index < -0.39 is 0 Å². The number of rotatable bonds is 2. The Bertz CT molecular complexity index is 497. The summed E-state index contributed by atoms with van der Waals surface area (Å²) in [5, 5.41) is 4.55. The van der Waals surface area contributed by atoms with E-state index in [9.17, 15) is 0 Å². The molecular formula is C12H17N3. The van der Waals surface area contributed by atoms with Gasteiger partial charge in [-0.3, -0.25) is 0 Å². The Balaban J connectivity index is 2.83. The summed E-state index contributed by atoms with van der Waals surface area (Å²) < 4.78 is 1.99. The molecule has 2 aromatic rings. The van der Waals surface area contributed by atoms with Crippen LogP contribution in [-0.2, 0) is 12.8 Å². The predicted molar refractivity (Wildman–Crippen MR) is 61.2 cm³/mol. The lowest BCUT2D eigenvalue weighted by molar-refractivity contribution is 0.831. The first kappa shape index (κ1) is 10.1. The molecule has 0 aliphatic carbocycles. The van der Waals surface area contributed by atoms with Gasteiger partial charge in [0.15, 0.2) is 5.65 Å². The van der Waals surface area contributed by atoms with Gasteiger partial charge < -0.3 is 0 Å². The van der Waals surface area contributed by atoms with Crippen molar-refractivity contribution in [2.45, 2.75) is 40.5 Å². The highest BCUT2D eigenvalue weighted by atomic mass is 15.3. The lowest BCUT2D eigenvalue weighted by Crippen LogP contribution is -2.01. The monoisotopic (exact) mass is 203 g/mol. The van der Waals surface area contributed by atoms with Gasteiger partial charge in [0.05, 0.1) is 5.69 Å². The van der Waals surface area contributed by atoms with Crippen molar-refractivity contribution in [3.8, 4) is 0 Å². The smallest absolute Gasteiger partial charge is 0.158 e. The van der Waals surface area contributed by atoms with Crippen molar-refractivity contribution in [2.24, 2.45) is 0 Å². The van der Waals surface area contributed by atoms with Crippen LogP contribution in [0.5, 0.6) is 0 Å². The van der Waals surface area contributed by atoms with E-state index in [0.29, 0.717) is 0 Å². The van der Waals surface area contributed by atoms with E-state index in [4.69, 9.17) is 0 Å². The van der Waals surface area contributed by atoms with Crippen molar-refractivity contribution >= 4 is 5.65 Å². The van der Waals surface area contributed by atoms with E-state index in [-0.39, 0.29) is 0 Å². The van der Waals surface area contributed by atoms with Crippen molar-refractivity contribution in [3.63, 3.8) is 0 Å². The van der Waals surface area contributed by atoms with Gasteiger partial charge in [0.2, 0.25) is 0 Å². The second-order valence-corrected chi connectivity index (χ2v) is 3.90. The molecule has 0 N–H and O–H groups in total. The van der Waals surface area contributed by atoms with Crippen LogP contribution in [0.15, 0.2) is 6.07 Å². The Morgan fingerprint density at radius 2 is 1.93 bits per heavy atom. The first-order valence-electron chi connectivity index (χ1n) is 5.52. The van der Waals surface area contributed by atoms with Crippen LogP contribution in [0.2, 0.25) is 0 Å². The minimum Gasteiger partial charge on any atom is -0.234 e. The van der Waals surface area contributed by atoms with E-state index in [1.165, 1.54) is 11.3 Å². The van der Waals surface area contributed by atoms with Crippen LogP contribution in [0.1, 0.15) is 36.5 Å². The quantitative estimate of drug-likeness (QED) is 0.750. The van der Waals surface area contributed by atoms with Crippen LogP contribution < -0.4 is 0 Å². The summed E-state index contributed by atoms with van der Waals surface area (Å²) in [4.78, 5) is 4.58. The van der Waals surface area contributed by atoms with Crippen LogP contribution in [-0.4, -0.2) is 14.6 Å². The predicted octanol–water partition coefficient (Wildman–Crippen LogP) is 2.47. The maximum atomic E-state index is 4.58. The number of hydrogen-bond acceptors (Lipinski definition) is 2. The standard InChI is InChI=1S/C12H17N3/c1-5-10-7-8(3)13-12-11(6-2)9(4)14-15(10)12/h7H,5-6H2,1-4H3. The molecule has 0 fully saturated rings. The third-order valence-electron chi connectivity index (χ3n) is 2.80. The van der Waals surface area contributed by atoms with Crippen molar-refractivity contribution in [1.29, 1.82) is 0 Å². The minimum absolute atomic E-state index is 0.990. The second kappa shape index (κ2) is 3.65. The number of nitrogens with zero attached hydrogens (tertiary/aromatic N) is 3. The zero-order valence-electron chi connectivity index (χ0n) is 9.83. The van der Waals surface area contributed by atoms with E-state index in [1.54, 1.807) is 0 Å². The molecule has 0 amide bonds. The summed E-state index contributed by atoms with van der Waals surface area (Å²) in [6.45, 7) is 8.40. The van der Waals surface area contributed by atoms with Gasteiger partial charge in [0, 0.05) is 17.0 Å². The Kier molecular flexibility index (Phi) is 2.47. The number of fused-ring (bicyclic) bond motifs is 1. The minimum atomic E-state index is 0.990. The molecule has 0 aromatic carbocycles. The van der Waals surface area contributed by atoms with Gasteiger partial charge in [-0.25, -0.2) is 9.50 Å². The summed E-state index contributed by atoms with van der Waals surface area (Å²) in [7, 11) is 0. The van der Waals surface area contributed by atoms with E-state index >= 15 is 0 Å². The number of aryl methyl sites for hydroxylation is 4. The van der Waals surface area contributed by atoms with Gasteiger partial charge in [0.1, 0.15) is 0 Å². The fraction of sp³-hybridized carbons (Fsp3) is 0.500. The first-order chi connectivity index (χ1) is 7.17. The number of aromatic nitrogens is 3. The zero-order chi connectivity index (χ0) is 11.0. The van der Waals surface area contributed by atoms with Crippen molar-refractivity contribution < 1.29 is 0 Å². The first-order valence-corrected chi connectivity index (χ1v) is 5.52. The molecule has 0 aliphatic heterocycles. The summed E-state index contributed by atoms with van der Waals surface area (Å²) >= 11 is 0. The summed E-state index contributed by atoms with van der Waals surface area (Å²) in [5.74, 6) is 0. The maximum Gasteiger partial charge on any atom is 0.158 e. The topological polar surface area (TPSA) is 30.2 Å². The van der Waals surface area contributed by atoms with Gasteiger partial charge in [-0.15, -0.1) is 0 Å². The van der Waals surface area contributed by atoms with Gasteiger partial charge in [-0.1, -0.05) is 13.8 Å². The van der Waals surface area contributed by atoms with E-state index in [1.807, 2.05) is 11.4 Å². The third-order valence-corrected chi connectivity index (χ3v) is 2.80. The molecule has 0 unspecified atom stereocenters. The highest BCUT2D eigenvalue weighted by Crippen LogP contribution is 2.16. The molecule has 0 bridgehead atoms. The van der Waals surface area contributed by atoms with Crippen LogP contribution in [0.25, 0.3) is 5.65 Å². The van der Waals surface area contributed by atoms with Gasteiger partial charge in [0.25, 0.3) is 0 Å². The molecule has 15 heavy (non-hydrogen) atoms. The maximum absolute atomic E-state index is 4.58. The number of hydrogen-bond donors (Lipinski definition) is 0. The lowest BCUT2D eigenvalue weighted by atomic mass is 10.2. The van der Waals surface area contributed by atoms with E-state index in [2.05, 4.69) is 36.9 Å². The molecule has 2 rings (SSSR count). The molecule has 0 atom stereocenters. The molecule has 0 aliphatic rings. The normalized spacial score (nSPS) is 11.2. The lowest BCUT2D eigenvalue weighted by Gasteiger charge is -2.03. The molecule has 2 heterocycles. The summed E-state index contributed by atoms with van der Waals surface area (Å²) in [6.07, 6.45) is 1.99. The largest absolute Gasteiger partial charge is 0.234 e. The fourth-order valence-electron chi connectivity index (χ4n) is 2.03. The summed E-state index contributed by atoms with van der Waals surface area (Å²) in [5.41, 5.74) is 5.72. The fourth-order valence-corrected chi connectivity index (χ4v) is 2.03. The molecule has 0 saturated heterocycles. The zero-order valence-corrected chi connectivity index (χ0v) is 9.83. The second-order valence-electron chi connectivity index (χ2n) is 3.90. The summed E-state index contributed by atoms with van der Waals surface area (Å²) in [6, 6.07) is 2.11. The molecule has 3 nitrogen and oxygen atoms in total. The highest BCUT2D eigenvalue weighted by Gasteiger charge is 2.11. The molecule has 3 heteroatoms. The van der Waals surface area contributed by atoms with Gasteiger partial charge >= 0.3 is 0 Å². The van der Waals surface area contributed by atoms with Crippen LogP contribution in [0.4, 0.5) is 0 Å². The molecule has 80 valence electrons. The Morgan fingerprint density at radius 3 is 2.53 bits per heavy atom. The average molecular weight is 203 g/mol. The van der Waals surface area contributed by atoms with Gasteiger partial charge in [-0.2, -0.15) is 5.10 Å². The van der Waals surface area contributed by atoms with Crippen molar-refractivity contribution in [2.75, 3.05) is 0 Å². The molecular weight excluding hydrogens is 186 g/mol. The molecule has 0 saturated carbocycles. The SMILES string of the molecule is CCc1c(C)nn2c(CC)cc(C)nc12. The van der Waals surface area contributed by atoms with Gasteiger partial charge in [-0.05, 0) is 32.8 Å². The highest BCUT2D eigenvalue weighted by molar-refractivity contribution is 5.51. The molecule has 2 aromatic heterocycles. The molecule has 0 spiro atoms. The average Bonchev–Trinajstić information content (AvgIpc) is 2.52. The van der Waals surface area contributed by atoms with Crippen LogP contribution >= 0.6 is 0 Å². The van der Waals surface area contributed by atoms with E-state index in [0.717, 1.165) is 29.9 Å². The van der Waals surface area contributed by atoms with Crippen molar-refractivity contribution in [1.82, 2.24) is 14.6 Å². The Morgan fingerprint density at radius 1 is 1.20 bits per heavy atom. The Labute approximate surface area is 90.1 Å². The third kappa shape index (κ3) is 1.52. The van der Waals surface area contributed by atoms with Crippen molar-refractivity contribution in [3.05, 3.63) is 28.7 Å². The molecule has 0 radical (unpaired) electrons. The Hall–Kier alpha value is -1.38. The van der Waals surface area contributed by atoms with Crippen LogP contribution in [0, 0.1) is 13.8 Å². The van der Waals surface area contributed by atoms with Crippen LogP contribution in [0.3, 0.4) is 0 Å².